The third-order valence-electron chi connectivity index (χ3n) is 2.46. The zero-order valence-electron chi connectivity index (χ0n) is 10.5. The first kappa shape index (κ1) is 14.4. The molecule has 7 heteroatoms. The average Bonchev–Trinajstić information content (AvgIpc) is 2.43. The van der Waals surface area contributed by atoms with Gasteiger partial charge in [-0.1, -0.05) is 0 Å². The first-order valence-corrected chi connectivity index (χ1v) is 5.35. The maximum Gasteiger partial charge on any atom is 0.339 e. The van der Waals surface area contributed by atoms with Crippen LogP contribution in [0.5, 0.6) is 0 Å². The standard InChI is InChI=1S/C12H12N2O5/c1-18-10(15)4-3-9-8(12(17)19-2)5-7(6-13)11(16)14-9/h5H,3-4H2,1-2H3,(H,14,16). The largest absolute Gasteiger partial charge is 0.469 e. The van der Waals surface area contributed by atoms with E-state index in [1.165, 1.54) is 14.2 Å². The summed E-state index contributed by atoms with van der Waals surface area (Å²) in [5.74, 6) is -1.16. The van der Waals surface area contributed by atoms with E-state index < -0.39 is 17.5 Å². The van der Waals surface area contributed by atoms with Gasteiger partial charge in [-0.15, -0.1) is 0 Å². The normalized spacial score (nSPS) is 9.53. The Morgan fingerprint density at radius 1 is 1.37 bits per heavy atom. The van der Waals surface area contributed by atoms with Gasteiger partial charge in [0.1, 0.15) is 11.6 Å². The lowest BCUT2D eigenvalue weighted by Crippen LogP contribution is -2.19. The predicted octanol–water partition coefficient (Wildman–Crippen LogP) is 0.139. The number of hydrogen-bond acceptors (Lipinski definition) is 6. The van der Waals surface area contributed by atoms with E-state index in [1.54, 1.807) is 6.07 Å². The molecule has 0 radical (unpaired) electrons. The second-order valence-corrected chi connectivity index (χ2v) is 3.58. The molecule has 0 atom stereocenters. The minimum absolute atomic E-state index is 0.00232. The maximum absolute atomic E-state index is 11.6. The van der Waals surface area contributed by atoms with Crippen LogP contribution in [0.2, 0.25) is 0 Å². The molecule has 0 amide bonds. The predicted molar refractivity (Wildman–Crippen MR) is 63.5 cm³/mol. The molecule has 0 fully saturated rings. The van der Waals surface area contributed by atoms with Crippen LogP contribution in [0.1, 0.15) is 28.0 Å². The molecule has 0 aliphatic heterocycles. The smallest absolute Gasteiger partial charge is 0.339 e. The molecule has 0 saturated carbocycles. The van der Waals surface area contributed by atoms with Crippen molar-refractivity contribution in [2.24, 2.45) is 0 Å². The van der Waals surface area contributed by atoms with E-state index in [0.29, 0.717) is 0 Å². The number of pyridine rings is 1. The van der Waals surface area contributed by atoms with Crippen LogP contribution in [0.4, 0.5) is 0 Å². The van der Waals surface area contributed by atoms with E-state index in [2.05, 4.69) is 14.5 Å². The number of nitrogens with one attached hydrogen (secondary N) is 1. The van der Waals surface area contributed by atoms with Crippen LogP contribution in [-0.2, 0) is 20.7 Å². The molecule has 1 rings (SSSR count). The van der Waals surface area contributed by atoms with Gasteiger partial charge in [0, 0.05) is 5.69 Å². The third-order valence-corrected chi connectivity index (χ3v) is 2.46. The number of hydrogen-bond donors (Lipinski definition) is 1. The number of aromatic nitrogens is 1. The number of aryl methyl sites for hydroxylation is 1. The van der Waals surface area contributed by atoms with E-state index in [4.69, 9.17) is 5.26 Å². The number of nitriles is 1. The Balaban J connectivity index is 3.18. The number of carbonyl (C=O) groups excluding carboxylic acids is 2. The first-order chi connectivity index (χ1) is 9.03. The van der Waals surface area contributed by atoms with Crippen molar-refractivity contribution in [2.45, 2.75) is 12.8 Å². The number of rotatable bonds is 4. The minimum atomic E-state index is -0.687. The zero-order chi connectivity index (χ0) is 14.4. The molecule has 0 spiro atoms. The van der Waals surface area contributed by atoms with E-state index in [-0.39, 0.29) is 29.7 Å². The monoisotopic (exact) mass is 264 g/mol. The van der Waals surface area contributed by atoms with Crippen molar-refractivity contribution >= 4 is 11.9 Å². The van der Waals surface area contributed by atoms with Crippen LogP contribution < -0.4 is 5.56 Å². The second kappa shape index (κ2) is 6.35. The Morgan fingerprint density at radius 3 is 2.58 bits per heavy atom. The summed E-state index contributed by atoms with van der Waals surface area (Å²) in [5, 5.41) is 8.75. The number of nitrogens with zero attached hydrogens (tertiary/aromatic N) is 1. The van der Waals surface area contributed by atoms with E-state index >= 15 is 0 Å². The van der Waals surface area contributed by atoms with E-state index in [1.807, 2.05) is 0 Å². The Labute approximate surface area is 108 Å². The van der Waals surface area contributed by atoms with Gasteiger partial charge in [0.25, 0.3) is 5.56 Å². The van der Waals surface area contributed by atoms with Gasteiger partial charge in [0.15, 0.2) is 0 Å². The molecule has 100 valence electrons. The summed E-state index contributed by atoms with van der Waals surface area (Å²) in [4.78, 5) is 36.5. The zero-order valence-corrected chi connectivity index (χ0v) is 10.5. The maximum atomic E-state index is 11.6. The summed E-state index contributed by atoms with van der Waals surface area (Å²) < 4.78 is 9.04. The first-order valence-electron chi connectivity index (χ1n) is 5.35. The van der Waals surface area contributed by atoms with Crippen molar-refractivity contribution in [3.8, 4) is 6.07 Å². The van der Waals surface area contributed by atoms with Crippen molar-refractivity contribution in [3.63, 3.8) is 0 Å². The van der Waals surface area contributed by atoms with Gasteiger partial charge in [0.2, 0.25) is 0 Å². The molecule has 1 heterocycles. The van der Waals surface area contributed by atoms with Gasteiger partial charge >= 0.3 is 11.9 Å². The topological polar surface area (TPSA) is 109 Å². The average molecular weight is 264 g/mol. The Morgan fingerprint density at radius 2 is 2.05 bits per heavy atom. The van der Waals surface area contributed by atoms with Crippen molar-refractivity contribution in [1.82, 2.24) is 4.98 Å². The molecular formula is C12H12N2O5. The minimum Gasteiger partial charge on any atom is -0.469 e. The Kier molecular flexibility index (Phi) is 4.83. The molecule has 0 aliphatic carbocycles. The summed E-state index contributed by atoms with van der Waals surface area (Å²) >= 11 is 0. The van der Waals surface area contributed by atoms with Gasteiger partial charge in [-0.25, -0.2) is 4.79 Å². The molecular weight excluding hydrogens is 252 g/mol. The van der Waals surface area contributed by atoms with Crippen molar-refractivity contribution in [3.05, 3.63) is 33.2 Å². The van der Waals surface area contributed by atoms with Gasteiger partial charge in [-0.2, -0.15) is 5.26 Å². The third kappa shape index (κ3) is 3.42. The Hall–Kier alpha value is -2.62. The molecule has 1 aromatic heterocycles. The van der Waals surface area contributed by atoms with Crippen LogP contribution in [-0.4, -0.2) is 31.1 Å². The van der Waals surface area contributed by atoms with Crippen molar-refractivity contribution < 1.29 is 19.1 Å². The molecule has 0 unspecified atom stereocenters. The fourth-order valence-electron chi connectivity index (χ4n) is 1.47. The highest BCUT2D eigenvalue weighted by Crippen LogP contribution is 2.10. The van der Waals surface area contributed by atoms with Crippen LogP contribution in [0.15, 0.2) is 10.9 Å². The van der Waals surface area contributed by atoms with Crippen LogP contribution in [0, 0.1) is 11.3 Å². The molecule has 19 heavy (non-hydrogen) atoms. The highest BCUT2D eigenvalue weighted by molar-refractivity contribution is 5.91. The lowest BCUT2D eigenvalue weighted by Gasteiger charge is -2.07. The fraction of sp³-hybridized carbons (Fsp3) is 0.333. The summed E-state index contributed by atoms with van der Waals surface area (Å²) in [5.41, 5.74) is -0.513. The number of esters is 2. The SMILES string of the molecule is COC(=O)CCc1[nH]c(=O)c(C#N)cc1C(=O)OC. The van der Waals surface area contributed by atoms with Crippen LogP contribution in [0.25, 0.3) is 0 Å². The molecule has 0 bridgehead atoms. The highest BCUT2D eigenvalue weighted by atomic mass is 16.5. The molecule has 0 saturated heterocycles. The van der Waals surface area contributed by atoms with Gasteiger partial charge in [-0.3, -0.25) is 9.59 Å². The molecule has 1 N–H and O–H groups in total. The molecule has 1 aromatic rings. The number of carbonyl (C=O) groups is 2. The summed E-state index contributed by atoms with van der Waals surface area (Å²) in [6.07, 6.45) is 0.111. The lowest BCUT2D eigenvalue weighted by molar-refractivity contribution is -0.140. The molecule has 0 aromatic carbocycles. The fourth-order valence-corrected chi connectivity index (χ4v) is 1.47. The highest BCUT2D eigenvalue weighted by Gasteiger charge is 2.16. The van der Waals surface area contributed by atoms with E-state index in [0.717, 1.165) is 6.07 Å². The number of ether oxygens (including phenoxy) is 2. The number of aromatic amines is 1. The molecule has 0 aliphatic rings. The Bertz CT molecular complexity index is 597. The van der Waals surface area contributed by atoms with Crippen LogP contribution >= 0.6 is 0 Å². The van der Waals surface area contributed by atoms with E-state index in [9.17, 15) is 14.4 Å². The lowest BCUT2D eigenvalue weighted by atomic mass is 10.1. The van der Waals surface area contributed by atoms with Crippen molar-refractivity contribution in [1.29, 1.82) is 5.26 Å². The number of H-pyrrole nitrogens is 1. The van der Waals surface area contributed by atoms with Gasteiger partial charge < -0.3 is 14.5 Å². The molecule has 7 nitrogen and oxygen atoms in total. The van der Waals surface area contributed by atoms with Gasteiger partial charge in [0.05, 0.1) is 26.2 Å². The quantitative estimate of drug-likeness (QED) is 0.774. The summed E-state index contributed by atoms with van der Waals surface area (Å²) in [6.45, 7) is 0. The van der Waals surface area contributed by atoms with Crippen molar-refractivity contribution in [2.75, 3.05) is 14.2 Å². The van der Waals surface area contributed by atoms with Crippen LogP contribution in [0.3, 0.4) is 0 Å². The number of methoxy groups -OCH3 is 2. The second-order valence-electron chi connectivity index (χ2n) is 3.58. The summed E-state index contributed by atoms with van der Waals surface area (Å²) in [6, 6.07) is 2.82. The van der Waals surface area contributed by atoms with Gasteiger partial charge in [-0.05, 0) is 12.5 Å². The summed E-state index contributed by atoms with van der Waals surface area (Å²) in [7, 11) is 2.43.